The van der Waals surface area contributed by atoms with Crippen molar-refractivity contribution in [2.45, 2.75) is 53.2 Å². The van der Waals surface area contributed by atoms with Crippen molar-refractivity contribution < 1.29 is 9.53 Å². The van der Waals surface area contributed by atoms with Gasteiger partial charge >= 0.3 is 6.09 Å². The maximum atomic E-state index is 12.2. The van der Waals surface area contributed by atoms with Gasteiger partial charge in [-0.05, 0) is 48.2 Å². The number of rotatable bonds is 8. The molecule has 134 valence electrons. The van der Waals surface area contributed by atoms with Gasteiger partial charge in [-0.15, -0.1) is 0 Å². The fourth-order valence-corrected chi connectivity index (χ4v) is 3.42. The average Bonchev–Trinajstić information content (AvgIpc) is 2.89. The molecule has 5 nitrogen and oxygen atoms in total. The standard InChI is InChI=1S/C18H28BrN3O2/c1-5-13(4)8-16-12-22(18(23)24-16)11-14-9-15(19)10-20-17(14)21(6-2)7-3/h9-10,13,16H,5-8,11-12H2,1-4H3. The Hall–Kier alpha value is -1.30. The lowest BCUT2D eigenvalue weighted by molar-refractivity contribution is 0.121. The van der Waals surface area contributed by atoms with Crippen molar-refractivity contribution >= 4 is 27.8 Å². The molecule has 1 aliphatic heterocycles. The first-order chi connectivity index (χ1) is 11.5. The van der Waals surface area contributed by atoms with E-state index >= 15 is 0 Å². The summed E-state index contributed by atoms with van der Waals surface area (Å²) in [5, 5.41) is 0. The molecule has 0 aliphatic carbocycles. The lowest BCUT2D eigenvalue weighted by Gasteiger charge is -2.24. The summed E-state index contributed by atoms with van der Waals surface area (Å²) in [5.74, 6) is 1.52. The van der Waals surface area contributed by atoms with Crippen molar-refractivity contribution in [3.05, 3.63) is 22.3 Å². The Balaban J connectivity index is 2.13. The van der Waals surface area contributed by atoms with Gasteiger partial charge in [-0.25, -0.2) is 9.78 Å². The Morgan fingerprint density at radius 2 is 2.12 bits per heavy atom. The highest BCUT2D eigenvalue weighted by Crippen LogP contribution is 2.26. The third kappa shape index (κ3) is 4.62. The van der Waals surface area contributed by atoms with Crippen LogP contribution in [-0.2, 0) is 11.3 Å². The summed E-state index contributed by atoms with van der Waals surface area (Å²) in [5.41, 5.74) is 1.05. The zero-order valence-corrected chi connectivity index (χ0v) is 16.7. The van der Waals surface area contributed by atoms with Gasteiger partial charge < -0.3 is 14.5 Å². The molecule has 1 amide bonds. The number of amides is 1. The third-order valence-corrected chi connectivity index (χ3v) is 5.08. The lowest BCUT2D eigenvalue weighted by Crippen LogP contribution is -2.29. The molecule has 0 bridgehead atoms. The van der Waals surface area contributed by atoms with Crippen molar-refractivity contribution in [2.75, 3.05) is 24.5 Å². The Morgan fingerprint density at radius 3 is 2.75 bits per heavy atom. The van der Waals surface area contributed by atoms with Crippen LogP contribution in [-0.4, -0.2) is 41.7 Å². The van der Waals surface area contributed by atoms with E-state index in [-0.39, 0.29) is 12.2 Å². The second-order valence-corrected chi connectivity index (χ2v) is 7.36. The van der Waals surface area contributed by atoms with Gasteiger partial charge in [-0.2, -0.15) is 0 Å². The van der Waals surface area contributed by atoms with E-state index in [2.05, 4.69) is 59.6 Å². The maximum absolute atomic E-state index is 12.2. The molecule has 2 rings (SSSR count). The van der Waals surface area contributed by atoms with Crippen molar-refractivity contribution in [3.8, 4) is 0 Å². The first-order valence-corrected chi connectivity index (χ1v) is 9.62. The van der Waals surface area contributed by atoms with Crippen LogP contribution in [0.5, 0.6) is 0 Å². The van der Waals surface area contributed by atoms with E-state index in [1.807, 2.05) is 6.20 Å². The Bertz CT molecular complexity index is 563. The van der Waals surface area contributed by atoms with Crippen LogP contribution in [0.2, 0.25) is 0 Å². The maximum Gasteiger partial charge on any atom is 0.410 e. The van der Waals surface area contributed by atoms with Crippen molar-refractivity contribution in [2.24, 2.45) is 5.92 Å². The molecular formula is C18H28BrN3O2. The van der Waals surface area contributed by atoms with Crippen LogP contribution in [0.1, 0.15) is 46.1 Å². The molecule has 1 fully saturated rings. The summed E-state index contributed by atoms with van der Waals surface area (Å²) >= 11 is 3.49. The molecule has 1 saturated heterocycles. The van der Waals surface area contributed by atoms with Gasteiger partial charge in [0.15, 0.2) is 0 Å². The van der Waals surface area contributed by atoms with Gasteiger partial charge in [0.2, 0.25) is 0 Å². The second kappa shape index (κ2) is 8.70. The van der Waals surface area contributed by atoms with Crippen molar-refractivity contribution in [1.82, 2.24) is 9.88 Å². The summed E-state index contributed by atoms with van der Waals surface area (Å²) in [6.07, 6.45) is 3.64. The van der Waals surface area contributed by atoms with Crippen LogP contribution < -0.4 is 4.90 Å². The summed E-state index contributed by atoms with van der Waals surface area (Å²) in [6.45, 7) is 11.6. The summed E-state index contributed by atoms with van der Waals surface area (Å²) in [6, 6.07) is 2.05. The average molecular weight is 398 g/mol. The van der Waals surface area contributed by atoms with Gasteiger partial charge in [0.05, 0.1) is 13.1 Å². The van der Waals surface area contributed by atoms with Crippen LogP contribution in [0.4, 0.5) is 10.6 Å². The molecule has 2 heterocycles. The van der Waals surface area contributed by atoms with Gasteiger partial charge in [0.1, 0.15) is 11.9 Å². The van der Waals surface area contributed by atoms with E-state index in [0.717, 1.165) is 41.8 Å². The second-order valence-electron chi connectivity index (χ2n) is 6.44. The Labute approximate surface area is 153 Å². The number of pyridine rings is 1. The summed E-state index contributed by atoms with van der Waals surface area (Å²) in [7, 11) is 0. The molecule has 2 unspecified atom stereocenters. The number of carbonyl (C=O) groups excluding carboxylic acids is 1. The van der Waals surface area contributed by atoms with Crippen molar-refractivity contribution in [3.63, 3.8) is 0 Å². The van der Waals surface area contributed by atoms with E-state index in [0.29, 0.717) is 19.0 Å². The first-order valence-electron chi connectivity index (χ1n) is 8.83. The number of ether oxygens (including phenoxy) is 1. The van der Waals surface area contributed by atoms with E-state index in [1.165, 1.54) is 0 Å². The smallest absolute Gasteiger partial charge is 0.410 e. The van der Waals surface area contributed by atoms with Crippen LogP contribution in [0.3, 0.4) is 0 Å². The third-order valence-electron chi connectivity index (χ3n) is 4.65. The Kier molecular flexibility index (Phi) is 6.90. The molecule has 0 aromatic carbocycles. The van der Waals surface area contributed by atoms with E-state index < -0.39 is 0 Å². The molecule has 1 aliphatic rings. The quantitative estimate of drug-likeness (QED) is 0.649. The van der Waals surface area contributed by atoms with E-state index in [1.54, 1.807) is 4.90 Å². The SMILES string of the molecule is CCC(C)CC1CN(Cc2cc(Br)cnc2N(CC)CC)C(=O)O1. The number of hydrogen-bond acceptors (Lipinski definition) is 4. The zero-order valence-electron chi connectivity index (χ0n) is 15.1. The van der Waals surface area contributed by atoms with Gasteiger partial charge in [-0.3, -0.25) is 0 Å². The van der Waals surface area contributed by atoms with Crippen LogP contribution >= 0.6 is 15.9 Å². The molecule has 0 saturated carbocycles. The monoisotopic (exact) mass is 397 g/mol. The molecule has 0 N–H and O–H groups in total. The molecule has 0 radical (unpaired) electrons. The number of carbonyl (C=O) groups is 1. The Morgan fingerprint density at radius 1 is 1.42 bits per heavy atom. The summed E-state index contributed by atoms with van der Waals surface area (Å²) < 4.78 is 6.47. The van der Waals surface area contributed by atoms with Crippen LogP contribution in [0.15, 0.2) is 16.7 Å². The molecular weight excluding hydrogens is 370 g/mol. The minimum atomic E-state index is -0.214. The molecule has 24 heavy (non-hydrogen) atoms. The fourth-order valence-electron chi connectivity index (χ4n) is 3.05. The van der Waals surface area contributed by atoms with Gasteiger partial charge in [-0.1, -0.05) is 20.3 Å². The normalized spacial score (nSPS) is 18.6. The van der Waals surface area contributed by atoms with Crippen LogP contribution in [0.25, 0.3) is 0 Å². The van der Waals surface area contributed by atoms with Crippen molar-refractivity contribution in [1.29, 1.82) is 0 Å². The molecule has 6 heteroatoms. The number of anilines is 1. The number of halogens is 1. The van der Waals surface area contributed by atoms with Gasteiger partial charge in [0.25, 0.3) is 0 Å². The minimum Gasteiger partial charge on any atom is -0.444 e. The molecule has 1 aromatic heterocycles. The number of nitrogens with zero attached hydrogens (tertiary/aromatic N) is 3. The molecule has 1 aromatic rings. The number of hydrogen-bond donors (Lipinski definition) is 0. The number of aromatic nitrogens is 1. The van der Waals surface area contributed by atoms with E-state index in [4.69, 9.17) is 4.74 Å². The molecule has 2 atom stereocenters. The number of cyclic esters (lactones) is 1. The fraction of sp³-hybridized carbons (Fsp3) is 0.667. The highest BCUT2D eigenvalue weighted by molar-refractivity contribution is 9.10. The topological polar surface area (TPSA) is 45.7 Å². The minimum absolute atomic E-state index is 0.00413. The zero-order chi connectivity index (χ0) is 17.7. The highest BCUT2D eigenvalue weighted by Gasteiger charge is 2.32. The summed E-state index contributed by atoms with van der Waals surface area (Å²) in [4.78, 5) is 20.8. The lowest BCUT2D eigenvalue weighted by atomic mass is 10.0. The first kappa shape index (κ1) is 19.0. The van der Waals surface area contributed by atoms with Gasteiger partial charge in [0, 0.05) is 29.3 Å². The largest absolute Gasteiger partial charge is 0.444 e. The van der Waals surface area contributed by atoms with Crippen LogP contribution in [0, 0.1) is 5.92 Å². The predicted octanol–water partition coefficient (Wildman–Crippen LogP) is 4.45. The molecule has 0 spiro atoms. The predicted molar refractivity (Wildman–Crippen MR) is 100 cm³/mol. The highest BCUT2D eigenvalue weighted by atomic mass is 79.9. The van der Waals surface area contributed by atoms with E-state index in [9.17, 15) is 4.79 Å².